The lowest BCUT2D eigenvalue weighted by molar-refractivity contribution is -0.134. The maximum absolute atomic E-state index is 12.3. The van der Waals surface area contributed by atoms with Crippen LogP contribution < -0.4 is 10.5 Å². The van der Waals surface area contributed by atoms with E-state index in [2.05, 4.69) is 4.90 Å². The summed E-state index contributed by atoms with van der Waals surface area (Å²) in [5.74, 6) is 1.72. The summed E-state index contributed by atoms with van der Waals surface area (Å²) in [6.07, 6.45) is 2.77. The molecule has 0 aliphatic carbocycles. The normalized spacial score (nSPS) is 15.6. The van der Waals surface area contributed by atoms with Crippen LogP contribution in [-0.4, -0.2) is 73.1 Å². The van der Waals surface area contributed by atoms with Crippen molar-refractivity contribution >= 4 is 54.1 Å². The summed E-state index contributed by atoms with van der Waals surface area (Å²) in [5, 5.41) is 0.632. The fourth-order valence-corrected chi connectivity index (χ4v) is 3.32. The first kappa shape index (κ1) is 25.6. The second kappa shape index (κ2) is 13.7. The summed E-state index contributed by atoms with van der Waals surface area (Å²) in [6.45, 7) is 4.59. The molecule has 1 saturated heterocycles. The number of nitrogens with zero attached hydrogens (tertiary/aromatic N) is 2. The summed E-state index contributed by atoms with van der Waals surface area (Å²) in [6, 6.07) is 7.12. The number of para-hydroxylation sites is 1. The van der Waals surface area contributed by atoms with Gasteiger partial charge in [-0.1, -0.05) is 23.7 Å². The summed E-state index contributed by atoms with van der Waals surface area (Å²) < 4.78 is 5.72. The van der Waals surface area contributed by atoms with Gasteiger partial charge in [0.1, 0.15) is 12.4 Å². The van der Waals surface area contributed by atoms with Gasteiger partial charge in [0.05, 0.1) is 11.1 Å². The zero-order chi connectivity index (χ0) is 17.4. The topological polar surface area (TPSA) is 58.8 Å². The minimum Gasteiger partial charge on any atom is -0.491 e. The van der Waals surface area contributed by atoms with Gasteiger partial charge in [-0.3, -0.25) is 9.69 Å². The first-order valence-corrected chi connectivity index (χ1v) is 10.0. The number of thioether (sulfide) groups is 1. The fraction of sp³-hybridized carbons (Fsp3) is 0.588. The van der Waals surface area contributed by atoms with E-state index in [1.807, 2.05) is 35.4 Å². The molecule has 1 aliphatic rings. The molecule has 0 radical (unpaired) electrons. The summed E-state index contributed by atoms with van der Waals surface area (Å²) in [7, 11) is 0. The van der Waals surface area contributed by atoms with E-state index in [1.165, 1.54) is 0 Å². The number of rotatable bonds is 8. The molecule has 1 aromatic rings. The van der Waals surface area contributed by atoms with Crippen LogP contribution in [0.4, 0.5) is 0 Å². The summed E-state index contributed by atoms with van der Waals surface area (Å²) in [5.41, 5.74) is 5.98. The first-order chi connectivity index (χ1) is 11.6. The molecule has 0 saturated carbocycles. The highest BCUT2D eigenvalue weighted by Crippen LogP contribution is 2.22. The van der Waals surface area contributed by atoms with Gasteiger partial charge in [0.15, 0.2) is 0 Å². The van der Waals surface area contributed by atoms with E-state index in [9.17, 15) is 4.79 Å². The van der Waals surface area contributed by atoms with Crippen LogP contribution in [0.3, 0.4) is 0 Å². The quantitative estimate of drug-likeness (QED) is 0.668. The molecule has 26 heavy (non-hydrogen) atoms. The van der Waals surface area contributed by atoms with E-state index in [-0.39, 0.29) is 36.8 Å². The van der Waals surface area contributed by atoms with Crippen LogP contribution in [0.2, 0.25) is 5.02 Å². The Morgan fingerprint density at radius 1 is 1.27 bits per heavy atom. The monoisotopic (exact) mass is 443 g/mol. The Hall–Kier alpha value is -0.370. The number of benzene rings is 1. The number of piperazine rings is 1. The van der Waals surface area contributed by atoms with Gasteiger partial charge in [-0.25, -0.2) is 0 Å². The third-order valence-electron chi connectivity index (χ3n) is 4.14. The van der Waals surface area contributed by atoms with Crippen molar-refractivity contribution in [3.8, 4) is 5.75 Å². The number of carbonyl (C=O) groups excluding carboxylic acids is 1. The van der Waals surface area contributed by atoms with Gasteiger partial charge >= 0.3 is 0 Å². The molecule has 1 heterocycles. The SMILES string of the molecule is CSCC[C@H](N)C(=O)N1CCN(CCOc2ccccc2Cl)CC1.Cl.Cl. The van der Waals surface area contributed by atoms with Gasteiger partial charge in [-0.05, 0) is 30.6 Å². The Balaban J connectivity index is 0.00000312. The number of hydrogen-bond donors (Lipinski definition) is 1. The van der Waals surface area contributed by atoms with Crippen molar-refractivity contribution in [2.24, 2.45) is 5.73 Å². The van der Waals surface area contributed by atoms with Crippen LogP contribution in [0.5, 0.6) is 5.75 Å². The van der Waals surface area contributed by atoms with Gasteiger partial charge in [-0.2, -0.15) is 11.8 Å². The highest BCUT2D eigenvalue weighted by atomic mass is 35.5. The van der Waals surface area contributed by atoms with Crippen molar-refractivity contribution in [2.45, 2.75) is 12.5 Å². The zero-order valence-corrected chi connectivity index (χ0v) is 18.1. The van der Waals surface area contributed by atoms with Crippen LogP contribution >= 0.6 is 48.2 Å². The Morgan fingerprint density at radius 3 is 2.54 bits per heavy atom. The minimum atomic E-state index is -0.368. The van der Waals surface area contributed by atoms with Gasteiger partial charge in [0, 0.05) is 32.7 Å². The molecule has 2 rings (SSSR count). The van der Waals surface area contributed by atoms with Crippen LogP contribution in [0.25, 0.3) is 0 Å². The summed E-state index contributed by atoms with van der Waals surface area (Å²) >= 11 is 7.79. The molecular weight excluding hydrogens is 417 g/mol. The number of nitrogens with two attached hydrogens (primary N) is 1. The molecule has 0 spiro atoms. The highest BCUT2D eigenvalue weighted by Gasteiger charge is 2.24. The van der Waals surface area contributed by atoms with E-state index in [1.54, 1.807) is 11.8 Å². The van der Waals surface area contributed by atoms with Gasteiger partial charge in [0.25, 0.3) is 0 Å². The molecule has 5 nitrogen and oxygen atoms in total. The molecule has 1 aliphatic heterocycles. The molecule has 1 fully saturated rings. The second-order valence-electron chi connectivity index (χ2n) is 5.83. The number of carbonyl (C=O) groups is 1. The van der Waals surface area contributed by atoms with Crippen LogP contribution in [0, 0.1) is 0 Å². The predicted molar refractivity (Wildman–Crippen MR) is 115 cm³/mol. The zero-order valence-electron chi connectivity index (χ0n) is 14.9. The van der Waals surface area contributed by atoms with E-state index in [0.29, 0.717) is 17.4 Å². The second-order valence-corrected chi connectivity index (χ2v) is 7.23. The number of halogens is 3. The number of hydrogen-bond acceptors (Lipinski definition) is 5. The highest BCUT2D eigenvalue weighted by molar-refractivity contribution is 7.98. The van der Waals surface area contributed by atoms with Gasteiger partial charge in [0.2, 0.25) is 5.91 Å². The lowest BCUT2D eigenvalue weighted by atomic mass is 10.2. The maximum Gasteiger partial charge on any atom is 0.239 e. The van der Waals surface area contributed by atoms with Crippen LogP contribution in [-0.2, 0) is 4.79 Å². The Kier molecular flexibility index (Phi) is 13.6. The van der Waals surface area contributed by atoms with E-state index < -0.39 is 0 Å². The van der Waals surface area contributed by atoms with Crippen LogP contribution in [0.1, 0.15) is 6.42 Å². The van der Waals surface area contributed by atoms with E-state index in [0.717, 1.165) is 44.9 Å². The largest absolute Gasteiger partial charge is 0.491 e. The van der Waals surface area contributed by atoms with Crippen molar-refractivity contribution in [1.82, 2.24) is 9.80 Å². The molecule has 1 atom stereocenters. The molecule has 2 N–H and O–H groups in total. The standard InChI is InChI=1S/C17H26ClN3O2S.2ClH/c1-24-13-6-15(19)17(22)21-9-7-20(8-10-21)11-12-23-16-5-3-2-4-14(16)18;;/h2-5,15H,6-13,19H2,1H3;2*1H/t15-;;/m0../s1. The molecule has 150 valence electrons. The van der Waals surface area contributed by atoms with Crippen molar-refractivity contribution < 1.29 is 9.53 Å². The number of amides is 1. The van der Waals surface area contributed by atoms with Crippen molar-refractivity contribution in [1.29, 1.82) is 0 Å². The third-order valence-corrected chi connectivity index (χ3v) is 5.09. The first-order valence-electron chi connectivity index (χ1n) is 8.25. The molecule has 0 aromatic heterocycles. The lowest BCUT2D eigenvalue weighted by Crippen LogP contribution is -2.53. The molecule has 0 bridgehead atoms. The Labute approximate surface area is 177 Å². The van der Waals surface area contributed by atoms with Crippen molar-refractivity contribution in [3.63, 3.8) is 0 Å². The Bertz CT molecular complexity index is 532. The van der Waals surface area contributed by atoms with E-state index >= 15 is 0 Å². The van der Waals surface area contributed by atoms with Gasteiger partial charge in [-0.15, -0.1) is 24.8 Å². The average Bonchev–Trinajstić information content (AvgIpc) is 2.61. The van der Waals surface area contributed by atoms with Gasteiger partial charge < -0.3 is 15.4 Å². The van der Waals surface area contributed by atoms with Crippen molar-refractivity contribution in [3.05, 3.63) is 29.3 Å². The van der Waals surface area contributed by atoms with Crippen molar-refractivity contribution in [2.75, 3.05) is 51.3 Å². The molecule has 1 amide bonds. The smallest absolute Gasteiger partial charge is 0.239 e. The predicted octanol–water partition coefficient (Wildman–Crippen LogP) is 2.79. The average molecular weight is 445 g/mol. The minimum absolute atomic E-state index is 0. The fourth-order valence-electron chi connectivity index (χ4n) is 2.64. The Morgan fingerprint density at radius 2 is 1.92 bits per heavy atom. The third kappa shape index (κ3) is 8.11. The lowest BCUT2D eigenvalue weighted by Gasteiger charge is -2.35. The molecule has 1 aromatic carbocycles. The molecule has 9 heteroatoms. The maximum atomic E-state index is 12.3. The van der Waals surface area contributed by atoms with Crippen LogP contribution in [0.15, 0.2) is 24.3 Å². The molecular formula is C17H28Cl3N3O2S. The summed E-state index contributed by atoms with van der Waals surface area (Å²) in [4.78, 5) is 16.5. The number of ether oxygens (including phenoxy) is 1. The van der Waals surface area contributed by atoms with E-state index in [4.69, 9.17) is 22.1 Å². The molecule has 0 unspecified atom stereocenters.